The average molecular weight is 321 g/mol. The summed E-state index contributed by atoms with van der Waals surface area (Å²) in [5.74, 6) is 0.0977. The minimum atomic E-state index is -0.931. The molecule has 0 aliphatic carbocycles. The summed E-state index contributed by atoms with van der Waals surface area (Å²) in [6, 6.07) is 4.87. The van der Waals surface area contributed by atoms with Gasteiger partial charge in [-0.25, -0.2) is 4.79 Å². The zero-order valence-electron chi connectivity index (χ0n) is 13.6. The van der Waals surface area contributed by atoms with E-state index in [0.29, 0.717) is 24.5 Å². The summed E-state index contributed by atoms with van der Waals surface area (Å²) in [4.78, 5) is 25.0. The van der Waals surface area contributed by atoms with Crippen molar-refractivity contribution >= 4 is 11.9 Å². The van der Waals surface area contributed by atoms with E-state index in [1.165, 1.54) is 4.90 Å². The van der Waals surface area contributed by atoms with E-state index < -0.39 is 12.0 Å². The number of amides is 1. The summed E-state index contributed by atoms with van der Waals surface area (Å²) in [6.45, 7) is 2.66. The lowest BCUT2D eigenvalue weighted by Crippen LogP contribution is -2.48. The van der Waals surface area contributed by atoms with Crippen LogP contribution in [0.4, 0.5) is 0 Å². The van der Waals surface area contributed by atoms with Gasteiger partial charge >= 0.3 is 5.97 Å². The molecule has 1 fully saturated rings. The van der Waals surface area contributed by atoms with Gasteiger partial charge in [0, 0.05) is 6.54 Å². The molecule has 0 radical (unpaired) electrons. The molecule has 1 aliphatic rings. The van der Waals surface area contributed by atoms with E-state index in [2.05, 4.69) is 0 Å². The predicted octanol–water partition coefficient (Wildman–Crippen LogP) is 2.24. The molecule has 1 heterocycles. The van der Waals surface area contributed by atoms with Crippen molar-refractivity contribution in [1.29, 1.82) is 0 Å². The van der Waals surface area contributed by atoms with Gasteiger partial charge in [0.25, 0.3) is 0 Å². The molecule has 0 spiro atoms. The van der Waals surface area contributed by atoms with Gasteiger partial charge in [-0.1, -0.05) is 6.07 Å². The molecule has 0 bridgehead atoms. The van der Waals surface area contributed by atoms with Crippen LogP contribution in [0.2, 0.25) is 0 Å². The van der Waals surface area contributed by atoms with Crippen LogP contribution in [-0.4, -0.2) is 48.2 Å². The average Bonchev–Trinajstić information content (AvgIpc) is 2.55. The maximum absolute atomic E-state index is 12.3. The third kappa shape index (κ3) is 4.37. The molecular formula is C17H23NO5. The van der Waals surface area contributed by atoms with Crippen molar-refractivity contribution in [3.05, 3.63) is 23.8 Å². The summed E-state index contributed by atoms with van der Waals surface area (Å²) in [7, 11) is 1.57. The Morgan fingerprint density at radius 1 is 1.30 bits per heavy atom. The van der Waals surface area contributed by atoms with E-state index in [1.807, 2.05) is 19.1 Å². The Morgan fingerprint density at radius 2 is 2.09 bits per heavy atom. The number of ether oxygens (including phenoxy) is 2. The van der Waals surface area contributed by atoms with Crippen LogP contribution >= 0.6 is 0 Å². The SMILES string of the molecule is COc1cc(C)ccc1OCCC(=O)N1CCCC[C@H]1C(=O)O. The lowest BCUT2D eigenvalue weighted by Gasteiger charge is -2.33. The number of hydrogen-bond acceptors (Lipinski definition) is 4. The maximum atomic E-state index is 12.3. The number of carboxylic acid groups (broad SMARTS) is 1. The van der Waals surface area contributed by atoms with Crippen LogP contribution in [0.3, 0.4) is 0 Å². The fourth-order valence-corrected chi connectivity index (χ4v) is 2.77. The summed E-state index contributed by atoms with van der Waals surface area (Å²) in [5.41, 5.74) is 1.06. The first-order valence-electron chi connectivity index (χ1n) is 7.82. The molecule has 1 amide bonds. The van der Waals surface area contributed by atoms with Crippen LogP contribution < -0.4 is 9.47 Å². The second-order valence-corrected chi connectivity index (χ2v) is 5.69. The minimum absolute atomic E-state index is 0.154. The highest BCUT2D eigenvalue weighted by molar-refractivity contribution is 5.83. The number of hydrogen-bond donors (Lipinski definition) is 1. The Hall–Kier alpha value is -2.24. The van der Waals surface area contributed by atoms with Crippen LogP contribution in [0.1, 0.15) is 31.2 Å². The summed E-state index contributed by atoms with van der Waals surface area (Å²) in [5, 5.41) is 9.21. The first-order chi connectivity index (χ1) is 11.0. The second kappa shape index (κ2) is 7.85. The normalized spacial score (nSPS) is 17.7. The van der Waals surface area contributed by atoms with E-state index in [9.17, 15) is 14.7 Å². The number of aliphatic carboxylic acids is 1. The molecular weight excluding hydrogens is 298 g/mol. The smallest absolute Gasteiger partial charge is 0.326 e. The summed E-state index contributed by atoms with van der Waals surface area (Å²) in [6.07, 6.45) is 2.37. The summed E-state index contributed by atoms with van der Waals surface area (Å²) >= 11 is 0. The molecule has 1 aromatic carbocycles. The van der Waals surface area contributed by atoms with E-state index >= 15 is 0 Å². The van der Waals surface area contributed by atoms with Gasteiger partial charge in [-0.2, -0.15) is 0 Å². The van der Waals surface area contributed by atoms with Gasteiger partial charge in [-0.05, 0) is 43.9 Å². The summed E-state index contributed by atoms with van der Waals surface area (Å²) < 4.78 is 10.9. The van der Waals surface area contributed by atoms with Gasteiger partial charge in [-0.15, -0.1) is 0 Å². The number of benzene rings is 1. The van der Waals surface area contributed by atoms with Crippen molar-refractivity contribution in [3.63, 3.8) is 0 Å². The molecule has 0 saturated carbocycles. The molecule has 23 heavy (non-hydrogen) atoms. The van der Waals surface area contributed by atoms with Crippen molar-refractivity contribution in [2.45, 2.75) is 38.6 Å². The van der Waals surface area contributed by atoms with Gasteiger partial charge in [-0.3, -0.25) is 4.79 Å². The van der Waals surface area contributed by atoms with Gasteiger partial charge in [0.2, 0.25) is 5.91 Å². The lowest BCUT2D eigenvalue weighted by molar-refractivity contribution is -0.152. The number of carboxylic acids is 1. The highest BCUT2D eigenvalue weighted by Gasteiger charge is 2.31. The number of nitrogens with zero attached hydrogens (tertiary/aromatic N) is 1. The Morgan fingerprint density at radius 3 is 2.78 bits per heavy atom. The fraction of sp³-hybridized carbons (Fsp3) is 0.529. The number of rotatable bonds is 6. The van der Waals surface area contributed by atoms with E-state index in [0.717, 1.165) is 18.4 Å². The van der Waals surface area contributed by atoms with Crippen LogP contribution in [-0.2, 0) is 9.59 Å². The van der Waals surface area contributed by atoms with Gasteiger partial charge in [0.1, 0.15) is 6.04 Å². The predicted molar refractivity (Wildman–Crippen MR) is 84.8 cm³/mol. The zero-order valence-corrected chi connectivity index (χ0v) is 13.6. The van der Waals surface area contributed by atoms with Gasteiger partial charge in [0.05, 0.1) is 20.1 Å². The Kier molecular flexibility index (Phi) is 5.84. The van der Waals surface area contributed by atoms with Crippen molar-refractivity contribution < 1.29 is 24.2 Å². The molecule has 1 N–H and O–H groups in total. The third-order valence-corrected chi connectivity index (χ3v) is 4.00. The van der Waals surface area contributed by atoms with Crippen LogP contribution in [0.15, 0.2) is 18.2 Å². The van der Waals surface area contributed by atoms with E-state index in [1.54, 1.807) is 13.2 Å². The number of methoxy groups -OCH3 is 1. The Bertz CT molecular complexity index is 572. The maximum Gasteiger partial charge on any atom is 0.326 e. The number of likely N-dealkylation sites (tertiary alicyclic amines) is 1. The molecule has 1 atom stereocenters. The van der Waals surface area contributed by atoms with Crippen LogP contribution in [0.5, 0.6) is 11.5 Å². The van der Waals surface area contributed by atoms with E-state index in [-0.39, 0.29) is 18.9 Å². The molecule has 2 rings (SSSR count). The van der Waals surface area contributed by atoms with Gasteiger partial charge in [0.15, 0.2) is 11.5 Å². The van der Waals surface area contributed by atoms with Crippen molar-refractivity contribution in [2.24, 2.45) is 0 Å². The van der Waals surface area contributed by atoms with Crippen molar-refractivity contribution in [3.8, 4) is 11.5 Å². The highest BCUT2D eigenvalue weighted by Crippen LogP contribution is 2.28. The number of carbonyl (C=O) groups is 2. The number of carbonyl (C=O) groups excluding carboxylic acids is 1. The van der Waals surface area contributed by atoms with Crippen molar-refractivity contribution in [1.82, 2.24) is 4.90 Å². The minimum Gasteiger partial charge on any atom is -0.493 e. The zero-order chi connectivity index (χ0) is 16.8. The standard InChI is InChI=1S/C17H23NO5/c1-12-6-7-14(15(11-12)22-2)23-10-8-16(19)18-9-4-3-5-13(18)17(20)21/h6-7,11,13H,3-5,8-10H2,1-2H3,(H,20,21)/t13-/m0/s1. The molecule has 0 aromatic heterocycles. The lowest BCUT2D eigenvalue weighted by atomic mass is 10.0. The first kappa shape index (κ1) is 17.1. The topological polar surface area (TPSA) is 76.1 Å². The molecule has 1 aliphatic heterocycles. The third-order valence-electron chi connectivity index (χ3n) is 4.00. The Labute approximate surface area is 136 Å². The second-order valence-electron chi connectivity index (χ2n) is 5.69. The fourth-order valence-electron chi connectivity index (χ4n) is 2.77. The monoisotopic (exact) mass is 321 g/mol. The van der Waals surface area contributed by atoms with Crippen molar-refractivity contribution in [2.75, 3.05) is 20.3 Å². The largest absolute Gasteiger partial charge is 0.493 e. The van der Waals surface area contributed by atoms with Gasteiger partial charge < -0.3 is 19.5 Å². The molecule has 6 nitrogen and oxygen atoms in total. The number of aryl methyl sites for hydroxylation is 1. The van der Waals surface area contributed by atoms with Crippen LogP contribution in [0.25, 0.3) is 0 Å². The molecule has 126 valence electrons. The highest BCUT2D eigenvalue weighted by atomic mass is 16.5. The number of piperidine rings is 1. The molecule has 0 unspecified atom stereocenters. The quantitative estimate of drug-likeness (QED) is 0.869. The molecule has 1 aromatic rings. The Balaban J connectivity index is 1.90. The first-order valence-corrected chi connectivity index (χ1v) is 7.82. The molecule has 1 saturated heterocycles. The molecule has 6 heteroatoms. The van der Waals surface area contributed by atoms with Crippen LogP contribution in [0, 0.1) is 6.92 Å². The van der Waals surface area contributed by atoms with E-state index in [4.69, 9.17) is 9.47 Å².